The van der Waals surface area contributed by atoms with Crippen molar-refractivity contribution in [2.75, 3.05) is 13.7 Å². The smallest absolute Gasteiger partial charge is 0.349 e. The number of benzene rings is 1. The number of amides is 1. The minimum Gasteiger partial charge on any atom is -0.497 e. The maximum Gasteiger partial charge on any atom is 0.349 e. The number of carbonyl (C=O) groups is 1. The van der Waals surface area contributed by atoms with E-state index in [4.69, 9.17) is 9.15 Å². The molecule has 1 N–H and O–H groups in total. The zero-order chi connectivity index (χ0) is 20.8. The Bertz CT molecular complexity index is 1040. The van der Waals surface area contributed by atoms with Crippen LogP contribution >= 0.6 is 0 Å². The van der Waals surface area contributed by atoms with Crippen LogP contribution in [0.25, 0.3) is 0 Å². The quantitative estimate of drug-likeness (QED) is 0.624. The Kier molecular flexibility index (Phi) is 6.43. The van der Waals surface area contributed by atoms with Gasteiger partial charge in [-0.2, -0.15) is 0 Å². The lowest BCUT2D eigenvalue weighted by Crippen LogP contribution is -2.31. The second kappa shape index (κ2) is 9.18. The molecule has 0 saturated heterocycles. The molecule has 1 aromatic carbocycles. The monoisotopic (exact) mass is 396 g/mol. The first-order chi connectivity index (χ1) is 14.0. The molecule has 8 nitrogen and oxygen atoms in total. The largest absolute Gasteiger partial charge is 0.497 e. The molecule has 3 rings (SSSR count). The van der Waals surface area contributed by atoms with Crippen molar-refractivity contribution in [1.29, 1.82) is 0 Å². The van der Waals surface area contributed by atoms with Gasteiger partial charge in [0.25, 0.3) is 5.91 Å². The highest BCUT2D eigenvalue weighted by Crippen LogP contribution is 2.14. The Morgan fingerprint density at radius 2 is 1.97 bits per heavy atom. The van der Waals surface area contributed by atoms with Gasteiger partial charge in [-0.3, -0.25) is 4.79 Å². The van der Waals surface area contributed by atoms with Gasteiger partial charge in [0.1, 0.15) is 29.2 Å². The Morgan fingerprint density at radius 1 is 1.21 bits per heavy atom. The number of aromatic nitrogens is 3. The first-order valence-electron chi connectivity index (χ1n) is 9.35. The summed E-state index contributed by atoms with van der Waals surface area (Å²) in [7, 11) is 3.46. The summed E-state index contributed by atoms with van der Waals surface area (Å²) in [5.74, 6) is 1.66. The van der Waals surface area contributed by atoms with Crippen molar-refractivity contribution in [2.24, 2.45) is 7.05 Å². The topological polar surface area (TPSA) is 99.2 Å². The zero-order valence-corrected chi connectivity index (χ0v) is 16.8. The highest BCUT2D eigenvalue weighted by atomic mass is 16.5. The second-order valence-electron chi connectivity index (χ2n) is 6.77. The van der Waals surface area contributed by atoms with Crippen LogP contribution in [0.15, 0.2) is 45.9 Å². The molecule has 152 valence electrons. The third-order valence-electron chi connectivity index (χ3n) is 4.69. The molecule has 2 aromatic heterocycles. The van der Waals surface area contributed by atoms with Crippen molar-refractivity contribution in [2.45, 2.75) is 26.2 Å². The van der Waals surface area contributed by atoms with Gasteiger partial charge in [0.15, 0.2) is 0 Å². The second-order valence-corrected chi connectivity index (χ2v) is 6.77. The van der Waals surface area contributed by atoms with Gasteiger partial charge >= 0.3 is 5.63 Å². The fourth-order valence-corrected chi connectivity index (χ4v) is 3.04. The van der Waals surface area contributed by atoms with Gasteiger partial charge in [0.05, 0.1) is 7.11 Å². The molecule has 0 aliphatic rings. The molecule has 2 heterocycles. The summed E-state index contributed by atoms with van der Waals surface area (Å²) in [5, 5.41) is 10.5. The zero-order valence-electron chi connectivity index (χ0n) is 16.8. The van der Waals surface area contributed by atoms with E-state index >= 15 is 0 Å². The van der Waals surface area contributed by atoms with E-state index in [1.165, 1.54) is 0 Å². The van der Waals surface area contributed by atoms with Gasteiger partial charge in [-0.1, -0.05) is 12.1 Å². The number of carbonyl (C=O) groups excluding carboxylic acids is 1. The number of aryl methyl sites for hydroxylation is 4. The standard InChI is InChI=1S/C21H24N4O4/c1-14-12-17(9-6-15-4-7-16(28-3)8-5-15)29-21(27)19(14)20(26)22-11-10-18-24-23-13-25(18)2/h4-5,7-8,12-13H,6,9-11H2,1-3H3,(H,22,26). The van der Waals surface area contributed by atoms with E-state index in [1.54, 1.807) is 31.0 Å². The number of ether oxygens (including phenoxy) is 1. The fourth-order valence-electron chi connectivity index (χ4n) is 3.04. The van der Waals surface area contributed by atoms with Crippen molar-refractivity contribution in [1.82, 2.24) is 20.1 Å². The van der Waals surface area contributed by atoms with E-state index in [1.807, 2.05) is 31.3 Å². The fraction of sp³-hybridized carbons (Fsp3) is 0.333. The minimum absolute atomic E-state index is 0.0381. The lowest BCUT2D eigenvalue weighted by molar-refractivity contribution is 0.0949. The van der Waals surface area contributed by atoms with Gasteiger partial charge in [-0.05, 0) is 42.7 Å². The third-order valence-corrected chi connectivity index (χ3v) is 4.69. The summed E-state index contributed by atoms with van der Waals surface area (Å²) in [5.41, 5.74) is 1.13. The van der Waals surface area contributed by atoms with Crippen LogP contribution in [0.2, 0.25) is 0 Å². The number of rotatable bonds is 8. The van der Waals surface area contributed by atoms with Crippen LogP contribution in [-0.4, -0.2) is 34.3 Å². The molecule has 3 aromatic rings. The summed E-state index contributed by atoms with van der Waals surface area (Å²) in [6, 6.07) is 9.49. The molecular formula is C21H24N4O4. The van der Waals surface area contributed by atoms with Gasteiger partial charge in [-0.25, -0.2) is 4.79 Å². The molecule has 0 bridgehead atoms. The average molecular weight is 396 g/mol. The van der Waals surface area contributed by atoms with E-state index in [9.17, 15) is 9.59 Å². The van der Waals surface area contributed by atoms with Crippen LogP contribution in [0, 0.1) is 6.92 Å². The maximum atomic E-state index is 12.4. The number of nitrogens with one attached hydrogen (secondary N) is 1. The van der Waals surface area contributed by atoms with Crippen LogP contribution in [0.1, 0.15) is 33.1 Å². The minimum atomic E-state index is -0.620. The Labute approximate surface area is 168 Å². The number of hydrogen-bond acceptors (Lipinski definition) is 6. The normalized spacial score (nSPS) is 10.7. The molecule has 0 spiro atoms. The molecule has 29 heavy (non-hydrogen) atoms. The molecule has 8 heteroatoms. The van der Waals surface area contributed by atoms with Crippen LogP contribution < -0.4 is 15.7 Å². The molecule has 0 saturated carbocycles. The summed E-state index contributed by atoms with van der Waals surface area (Å²) in [6.45, 7) is 2.09. The predicted octanol–water partition coefficient (Wildman–Crippen LogP) is 1.84. The van der Waals surface area contributed by atoms with Crippen molar-refractivity contribution < 1.29 is 13.9 Å². The van der Waals surface area contributed by atoms with Gasteiger partial charge < -0.3 is 19.0 Å². The van der Waals surface area contributed by atoms with Crippen LogP contribution in [0.4, 0.5) is 0 Å². The first kappa shape index (κ1) is 20.3. The van der Waals surface area contributed by atoms with Gasteiger partial charge in [-0.15, -0.1) is 10.2 Å². The summed E-state index contributed by atoms with van der Waals surface area (Å²) in [4.78, 5) is 24.8. The van der Waals surface area contributed by atoms with Gasteiger partial charge in [0, 0.05) is 26.4 Å². The lowest BCUT2D eigenvalue weighted by atomic mass is 10.1. The maximum absolute atomic E-state index is 12.4. The summed E-state index contributed by atoms with van der Waals surface area (Å²) < 4.78 is 12.3. The third kappa shape index (κ3) is 5.10. The molecule has 0 aliphatic heterocycles. The summed E-state index contributed by atoms with van der Waals surface area (Å²) >= 11 is 0. The van der Waals surface area contributed by atoms with Gasteiger partial charge in [0.2, 0.25) is 0 Å². The van der Waals surface area contributed by atoms with E-state index in [-0.39, 0.29) is 5.56 Å². The molecule has 0 unspecified atom stereocenters. The van der Waals surface area contributed by atoms with E-state index in [0.29, 0.717) is 30.7 Å². The molecule has 0 radical (unpaired) electrons. The first-order valence-corrected chi connectivity index (χ1v) is 9.35. The molecule has 0 atom stereocenters. The average Bonchev–Trinajstić information content (AvgIpc) is 3.11. The summed E-state index contributed by atoms with van der Waals surface area (Å²) in [6.07, 6.45) is 3.40. The number of nitrogens with zero attached hydrogens (tertiary/aromatic N) is 3. The number of hydrogen-bond donors (Lipinski definition) is 1. The highest BCUT2D eigenvalue weighted by Gasteiger charge is 2.17. The van der Waals surface area contributed by atoms with E-state index in [2.05, 4.69) is 15.5 Å². The van der Waals surface area contributed by atoms with Crippen LogP contribution in [0.3, 0.4) is 0 Å². The molecule has 1 amide bonds. The van der Waals surface area contributed by atoms with Crippen molar-refractivity contribution in [3.05, 3.63) is 75.4 Å². The SMILES string of the molecule is COc1ccc(CCc2cc(C)c(C(=O)NCCc3nncn3C)c(=O)o2)cc1. The van der Waals surface area contributed by atoms with Crippen molar-refractivity contribution in [3.8, 4) is 5.75 Å². The van der Waals surface area contributed by atoms with Crippen molar-refractivity contribution in [3.63, 3.8) is 0 Å². The predicted molar refractivity (Wildman–Crippen MR) is 107 cm³/mol. The lowest BCUT2D eigenvalue weighted by Gasteiger charge is -2.08. The Morgan fingerprint density at radius 3 is 2.59 bits per heavy atom. The number of methoxy groups -OCH3 is 1. The van der Waals surface area contributed by atoms with E-state index in [0.717, 1.165) is 23.6 Å². The molecular weight excluding hydrogens is 372 g/mol. The highest BCUT2D eigenvalue weighted by molar-refractivity contribution is 5.95. The Hall–Kier alpha value is -3.42. The van der Waals surface area contributed by atoms with Crippen LogP contribution in [0.5, 0.6) is 5.75 Å². The molecule has 0 fully saturated rings. The van der Waals surface area contributed by atoms with E-state index < -0.39 is 11.5 Å². The van der Waals surface area contributed by atoms with Crippen molar-refractivity contribution >= 4 is 5.91 Å². The molecule has 0 aliphatic carbocycles. The van der Waals surface area contributed by atoms with Crippen LogP contribution in [-0.2, 0) is 26.3 Å². The Balaban J connectivity index is 1.61.